The Labute approximate surface area is 181 Å². The summed E-state index contributed by atoms with van der Waals surface area (Å²) in [5.41, 5.74) is 4.90. The smallest absolute Gasteiger partial charge is 0.227 e. The summed E-state index contributed by atoms with van der Waals surface area (Å²) < 4.78 is 10.6. The molecule has 4 rings (SSSR count). The summed E-state index contributed by atoms with van der Waals surface area (Å²) in [6.07, 6.45) is 3.36. The summed E-state index contributed by atoms with van der Waals surface area (Å²) in [5, 5.41) is 3.00. The number of hydrogen-bond acceptors (Lipinski definition) is 7. The number of amides is 1. The number of aryl methyl sites for hydroxylation is 2. The molecule has 3 aromatic rings. The number of rotatable bonds is 5. The van der Waals surface area contributed by atoms with E-state index in [-0.39, 0.29) is 11.8 Å². The van der Waals surface area contributed by atoms with Gasteiger partial charge in [-0.05, 0) is 44.9 Å². The summed E-state index contributed by atoms with van der Waals surface area (Å²) >= 11 is 0. The van der Waals surface area contributed by atoms with Gasteiger partial charge in [0.1, 0.15) is 17.0 Å². The van der Waals surface area contributed by atoms with Gasteiger partial charge >= 0.3 is 0 Å². The topological polar surface area (TPSA) is 89.5 Å². The van der Waals surface area contributed by atoms with Crippen LogP contribution in [0.3, 0.4) is 0 Å². The lowest BCUT2D eigenvalue weighted by Gasteiger charge is -2.32. The van der Waals surface area contributed by atoms with Gasteiger partial charge in [0.2, 0.25) is 5.91 Å². The van der Waals surface area contributed by atoms with Crippen molar-refractivity contribution in [3.63, 3.8) is 0 Å². The first kappa shape index (κ1) is 20.8. The standard InChI is InChI=1S/C23H27N5O3/c1-14-15(2)26-22-20(25-14)11-17(13-24-22)28-9-7-16(8-10-28)23(29)27-19-12-18(30-3)5-6-21(19)31-4/h5-6,11-13,16H,7-10H2,1-4H3,(H,27,29). The molecule has 1 saturated heterocycles. The van der Waals surface area contributed by atoms with Crippen molar-refractivity contribution >= 4 is 28.4 Å². The molecule has 1 N–H and O–H groups in total. The highest BCUT2D eigenvalue weighted by Crippen LogP contribution is 2.31. The minimum Gasteiger partial charge on any atom is -0.497 e. The van der Waals surface area contributed by atoms with Crippen molar-refractivity contribution in [1.29, 1.82) is 0 Å². The molecule has 1 aliphatic rings. The maximum absolute atomic E-state index is 12.9. The first-order chi connectivity index (χ1) is 15.0. The molecular formula is C23H27N5O3. The number of fused-ring (bicyclic) bond motifs is 1. The number of piperidine rings is 1. The molecule has 0 saturated carbocycles. The van der Waals surface area contributed by atoms with Crippen molar-refractivity contribution in [2.45, 2.75) is 26.7 Å². The first-order valence-corrected chi connectivity index (χ1v) is 10.4. The van der Waals surface area contributed by atoms with Crippen LogP contribution in [0.1, 0.15) is 24.2 Å². The van der Waals surface area contributed by atoms with Gasteiger partial charge in [0.05, 0.1) is 43.2 Å². The van der Waals surface area contributed by atoms with Crippen LogP contribution in [0, 0.1) is 19.8 Å². The molecule has 0 unspecified atom stereocenters. The Morgan fingerprint density at radius 3 is 2.52 bits per heavy atom. The van der Waals surface area contributed by atoms with Crippen LogP contribution < -0.4 is 19.7 Å². The molecule has 8 nitrogen and oxygen atoms in total. The van der Waals surface area contributed by atoms with Crippen LogP contribution in [0.4, 0.5) is 11.4 Å². The number of ether oxygens (including phenoxy) is 2. The fourth-order valence-electron chi connectivity index (χ4n) is 3.82. The molecule has 0 spiro atoms. The summed E-state index contributed by atoms with van der Waals surface area (Å²) in [7, 11) is 3.18. The van der Waals surface area contributed by atoms with Gasteiger partial charge in [0, 0.05) is 25.1 Å². The Hall–Kier alpha value is -3.42. The number of methoxy groups -OCH3 is 2. The number of carbonyl (C=O) groups excluding carboxylic acids is 1. The van der Waals surface area contributed by atoms with E-state index in [4.69, 9.17) is 9.47 Å². The van der Waals surface area contributed by atoms with Crippen LogP contribution in [-0.2, 0) is 4.79 Å². The van der Waals surface area contributed by atoms with Gasteiger partial charge in [-0.3, -0.25) is 4.79 Å². The van der Waals surface area contributed by atoms with Gasteiger partial charge in [-0.15, -0.1) is 0 Å². The number of hydrogen-bond donors (Lipinski definition) is 1. The van der Waals surface area contributed by atoms with E-state index in [1.54, 1.807) is 32.4 Å². The van der Waals surface area contributed by atoms with E-state index in [2.05, 4.69) is 25.2 Å². The zero-order valence-corrected chi connectivity index (χ0v) is 18.3. The van der Waals surface area contributed by atoms with E-state index in [0.29, 0.717) is 22.8 Å². The van der Waals surface area contributed by atoms with Crippen LogP contribution in [0.15, 0.2) is 30.5 Å². The highest BCUT2D eigenvalue weighted by Gasteiger charge is 2.26. The Bertz CT molecular complexity index is 1110. The van der Waals surface area contributed by atoms with Crippen molar-refractivity contribution < 1.29 is 14.3 Å². The molecule has 2 aromatic heterocycles. The fraction of sp³-hybridized carbons (Fsp3) is 0.391. The Kier molecular flexibility index (Phi) is 5.88. The maximum Gasteiger partial charge on any atom is 0.227 e. The number of nitrogens with zero attached hydrogens (tertiary/aromatic N) is 4. The molecule has 0 aliphatic carbocycles. The van der Waals surface area contributed by atoms with Gasteiger partial charge < -0.3 is 19.7 Å². The van der Waals surface area contributed by atoms with Crippen molar-refractivity contribution in [3.8, 4) is 11.5 Å². The molecule has 1 fully saturated rings. The number of anilines is 2. The van der Waals surface area contributed by atoms with E-state index in [1.165, 1.54) is 0 Å². The average molecular weight is 422 g/mol. The maximum atomic E-state index is 12.9. The van der Waals surface area contributed by atoms with E-state index < -0.39 is 0 Å². The second-order valence-corrected chi connectivity index (χ2v) is 7.75. The van der Waals surface area contributed by atoms with Crippen molar-refractivity contribution in [2.75, 3.05) is 37.5 Å². The second-order valence-electron chi connectivity index (χ2n) is 7.75. The minimum atomic E-state index is -0.0646. The molecule has 1 aromatic carbocycles. The Morgan fingerprint density at radius 1 is 1.06 bits per heavy atom. The predicted molar refractivity (Wildman–Crippen MR) is 120 cm³/mol. The van der Waals surface area contributed by atoms with Crippen molar-refractivity contribution in [1.82, 2.24) is 15.0 Å². The average Bonchev–Trinajstić information content (AvgIpc) is 2.79. The molecule has 162 valence electrons. The molecule has 0 radical (unpaired) electrons. The fourth-order valence-corrected chi connectivity index (χ4v) is 3.82. The van der Waals surface area contributed by atoms with E-state index in [9.17, 15) is 4.79 Å². The lowest BCUT2D eigenvalue weighted by Crippen LogP contribution is -2.38. The van der Waals surface area contributed by atoms with Crippen LogP contribution in [0.5, 0.6) is 11.5 Å². The van der Waals surface area contributed by atoms with E-state index in [1.807, 2.05) is 26.1 Å². The van der Waals surface area contributed by atoms with Crippen molar-refractivity contribution in [2.24, 2.45) is 5.92 Å². The number of carbonyl (C=O) groups is 1. The molecule has 31 heavy (non-hydrogen) atoms. The number of pyridine rings is 1. The van der Waals surface area contributed by atoms with Crippen LogP contribution in [0.2, 0.25) is 0 Å². The van der Waals surface area contributed by atoms with Gasteiger partial charge in [0.25, 0.3) is 0 Å². The highest BCUT2D eigenvalue weighted by molar-refractivity contribution is 5.94. The lowest BCUT2D eigenvalue weighted by molar-refractivity contribution is -0.120. The predicted octanol–water partition coefficient (Wildman–Crippen LogP) is 3.51. The Morgan fingerprint density at radius 2 is 1.81 bits per heavy atom. The molecular weight excluding hydrogens is 394 g/mol. The number of nitrogens with one attached hydrogen (secondary N) is 1. The monoisotopic (exact) mass is 421 g/mol. The molecule has 3 heterocycles. The molecule has 8 heteroatoms. The normalized spacial score (nSPS) is 14.5. The quantitative estimate of drug-likeness (QED) is 0.674. The van der Waals surface area contributed by atoms with Gasteiger partial charge in [-0.25, -0.2) is 15.0 Å². The van der Waals surface area contributed by atoms with E-state index >= 15 is 0 Å². The third-order valence-electron chi connectivity index (χ3n) is 5.81. The summed E-state index contributed by atoms with van der Waals surface area (Å²) in [5.74, 6) is 1.22. The Balaban J connectivity index is 1.42. The molecule has 0 bridgehead atoms. The zero-order chi connectivity index (χ0) is 22.0. The highest BCUT2D eigenvalue weighted by atomic mass is 16.5. The van der Waals surface area contributed by atoms with E-state index in [0.717, 1.165) is 48.5 Å². The molecule has 1 aliphatic heterocycles. The SMILES string of the molecule is COc1ccc(OC)c(NC(=O)C2CCN(c3cnc4nc(C)c(C)nc4c3)CC2)c1. The summed E-state index contributed by atoms with van der Waals surface area (Å²) in [4.78, 5) is 28.7. The third-order valence-corrected chi connectivity index (χ3v) is 5.81. The summed E-state index contributed by atoms with van der Waals surface area (Å²) in [6.45, 7) is 5.45. The van der Waals surface area contributed by atoms with Gasteiger partial charge in [-0.2, -0.15) is 0 Å². The molecule has 0 atom stereocenters. The van der Waals surface area contributed by atoms with Gasteiger partial charge in [0.15, 0.2) is 5.65 Å². The third kappa shape index (κ3) is 4.38. The van der Waals surface area contributed by atoms with Crippen molar-refractivity contribution in [3.05, 3.63) is 41.9 Å². The van der Waals surface area contributed by atoms with Gasteiger partial charge in [-0.1, -0.05) is 0 Å². The number of benzene rings is 1. The first-order valence-electron chi connectivity index (χ1n) is 10.4. The molecule has 1 amide bonds. The zero-order valence-electron chi connectivity index (χ0n) is 18.3. The minimum absolute atomic E-state index is 0.000179. The summed E-state index contributed by atoms with van der Waals surface area (Å²) in [6, 6.07) is 7.40. The van der Waals surface area contributed by atoms with Crippen LogP contribution in [0.25, 0.3) is 11.2 Å². The largest absolute Gasteiger partial charge is 0.497 e. The lowest BCUT2D eigenvalue weighted by atomic mass is 9.95. The second kappa shape index (κ2) is 8.75. The van der Waals surface area contributed by atoms with Crippen LogP contribution >= 0.6 is 0 Å². The number of aromatic nitrogens is 3. The van der Waals surface area contributed by atoms with Crippen LogP contribution in [-0.4, -0.2) is 48.2 Å².